The molecule has 1 aromatic carbocycles. The molecular formula is C11H15Cl2N3O2. The number of nitrogens with two attached hydrogens (primary N) is 1. The van der Waals surface area contributed by atoms with Gasteiger partial charge in [0.25, 0.3) is 5.69 Å². The highest BCUT2D eigenvalue weighted by Gasteiger charge is 2.22. The van der Waals surface area contributed by atoms with Crippen molar-refractivity contribution in [3.8, 4) is 0 Å². The normalized spacial score (nSPS) is 19.6. The van der Waals surface area contributed by atoms with Gasteiger partial charge in [0.15, 0.2) is 0 Å². The predicted octanol–water partition coefficient (Wildman–Crippen LogP) is 2.20. The third-order valence-electron chi connectivity index (χ3n) is 2.94. The van der Waals surface area contributed by atoms with Crippen molar-refractivity contribution < 1.29 is 4.92 Å². The average molecular weight is 292 g/mol. The first-order chi connectivity index (χ1) is 8.06. The Bertz CT molecular complexity index is 442. The largest absolute Gasteiger partial charge is 0.326 e. The van der Waals surface area contributed by atoms with Crippen LogP contribution in [0.25, 0.3) is 0 Å². The molecule has 0 aliphatic carbocycles. The van der Waals surface area contributed by atoms with Crippen LogP contribution in [0.1, 0.15) is 12.0 Å². The van der Waals surface area contributed by atoms with Crippen molar-refractivity contribution in [1.29, 1.82) is 0 Å². The number of benzene rings is 1. The molecule has 0 bridgehead atoms. The second kappa shape index (κ2) is 6.33. The Balaban J connectivity index is 0.00000162. The Hall–Kier alpha value is -0.880. The fourth-order valence-electron chi connectivity index (χ4n) is 2.11. The van der Waals surface area contributed by atoms with E-state index in [1.54, 1.807) is 12.1 Å². The van der Waals surface area contributed by atoms with Crippen LogP contribution in [-0.2, 0) is 6.54 Å². The molecule has 1 saturated heterocycles. The molecule has 0 aromatic heterocycles. The van der Waals surface area contributed by atoms with E-state index in [0.717, 1.165) is 19.5 Å². The van der Waals surface area contributed by atoms with Gasteiger partial charge in [-0.25, -0.2) is 0 Å². The van der Waals surface area contributed by atoms with Crippen molar-refractivity contribution in [2.75, 3.05) is 13.1 Å². The van der Waals surface area contributed by atoms with Gasteiger partial charge in [0.05, 0.1) is 4.92 Å². The maximum Gasteiger partial charge on any atom is 0.273 e. The van der Waals surface area contributed by atoms with Crippen LogP contribution >= 0.6 is 24.0 Å². The van der Waals surface area contributed by atoms with E-state index < -0.39 is 0 Å². The molecule has 100 valence electrons. The number of hydrogen-bond acceptors (Lipinski definition) is 4. The highest BCUT2D eigenvalue weighted by Crippen LogP contribution is 2.25. The lowest BCUT2D eigenvalue weighted by molar-refractivity contribution is -0.385. The molecule has 0 spiro atoms. The summed E-state index contributed by atoms with van der Waals surface area (Å²) in [4.78, 5) is 12.6. The third-order valence-corrected chi connectivity index (χ3v) is 3.18. The zero-order valence-corrected chi connectivity index (χ0v) is 11.3. The number of nitro benzene ring substituents is 1. The van der Waals surface area contributed by atoms with E-state index in [4.69, 9.17) is 17.3 Å². The minimum Gasteiger partial charge on any atom is -0.326 e. The maximum absolute atomic E-state index is 10.9. The van der Waals surface area contributed by atoms with E-state index in [-0.39, 0.29) is 29.1 Å². The van der Waals surface area contributed by atoms with Crippen molar-refractivity contribution in [2.45, 2.75) is 19.0 Å². The van der Waals surface area contributed by atoms with Crippen molar-refractivity contribution in [1.82, 2.24) is 4.90 Å². The molecule has 0 saturated carbocycles. The minimum absolute atomic E-state index is 0. The molecule has 2 N–H and O–H groups in total. The summed E-state index contributed by atoms with van der Waals surface area (Å²) in [6.45, 7) is 2.19. The van der Waals surface area contributed by atoms with Gasteiger partial charge in [-0.2, -0.15) is 0 Å². The average Bonchev–Trinajstić information content (AvgIpc) is 2.63. The highest BCUT2D eigenvalue weighted by atomic mass is 35.5. The van der Waals surface area contributed by atoms with E-state index in [1.165, 1.54) is 6.07 Å². The van der Waals surface area contributed by atoms with Gasteiger partial charge in [0.1, 0.15) is 0 Å². The smallest absolute Gasteiger partial charge is 0.273 e. The fraction of sp³-hybridized carbons (Fsp3) is 0.455. The topological polar surface area (TPSA) is 72.4 Å². The molecule has 1 atom stereocenters. The quantitative estimate of drug-likeness (QED) is 0.684. The molecule has 1 aromatic rings. The molecule has 1 unspecified atom stereocenters. The molecule has 7 heteroatoms. The van der Waals surface area contributed by atoms with Crippen LogP contribution in [0.2, 0.25) is 5.02 Å². The van der Waals surface area contributed by atoms with E-state index in [1.807, 2.05) is 0 Å². The van der Waals surface area contributed by atoms with E-state index in [9.17, 15) is 10.1 Å². The molecule has 5 nitrogen and oxygen atoms in total. The zero-order chi connectivity index (χ0) is 12.4. The van der Waals surface area contributed by atoms with E-state index in [0.29, 0.717) is 17.1 Å². The van der Waals surface area contributed by atoms with E-state index >= 15 is 0 Å². The van der Waals surface area contributed by atoms with Crippen LogP contribution < -0.4 is 5.73 Å². The van der Waals surface area contributed by atoms with Gasteiger partial charge < -0.3 is 5.73 Å². The first kappa shape index (κ1) is 15.2. The van der Waals surface area contributed by atoms with Crippen LogP contribution in [0.4, 0.5) is 5.69 Å². The van der Waals surface area contributed by atoms with Gasteiger partial charge in [0.2, 0.25) is 0 Å². The number of halogens is 2. The van der Waals surface area contributed by atoms with Gasteiger partial charge >= 0.3 is 0 Å². The zero-order valence-electron chi connectivity index (χ0n) is 9.71. The van der Waals surface area contributed by atoms with Crippen molar-refractivity contribution in [3.63, 3.8) is 0 Å². The lowest BCUT2D eigenvalue weighted by Gasteiger charge is -2.15. The number of rotatable bonds is 3. The van der Waals surface area contributed by atoms with Crippen LogP contribution in [0.5, 0.6) is 0 Å². The lowest BCUT2D eigenvalue weighted by Crippen LogP contribution is -2.26. The van der Waals surface area contributed by atoms with E-state index in [2.05, 4.69) is 4.90 Å². The second-order valence-electron chi connectivity index (χ2n) is 4.31. The fourth-order valence-corrected chi connectivity index (χ4v) is 2.30. The Labute approximate surface area is 116 Å². The third kappa shape index (κ3) is 3.55. The summed E-state index contributed by atoms with van der Waals surface area (Å²) in [5.74, 6) is 0. The summed E-state index contributed by atoms with van der Waals surface area (Å²) in [5, 5.41) is 11.4. The SMILES string of the molecule is Cl.NC1CCN(Cc2cc(Cl)ccc2[N+](=O)[O-])C1. The molecule has 18 heavy (non-hydrogen) atoms. The van der Waals surface area contributed by atoms with Gasteiger partial charge in [-0.15, -0.1) is 12.4 Å². The van der Waals surface area contributed by atoms with Crippen LogP contribution in [0.15, 0.2) is 18.2 Å². The Morgan fingerprint density at radius 3 is 2.83 bits per heavy atom. The Morgan fingerprint density at radius 2 is 2.28 bits per heavy atom. The summed E-state index contributed by atoms with van der Waals surface area (Å²) in [6, 6.07) is 4.82. The van der Waals surface area contributed by atoms with Crippen LogP contribution in [0.3, 0.4) is 0 Å². The van der Waals surface area contributed by atoms with Crippen LogP contribution in [0, 0.1) is 10.1 Å². The standard InChI is InChI=1S/C11H14ClN3O2.ClH/c12-9-1-2-11(15(16)17)8(5-9)6-14-4-3-10(13)7-14;/h1-2,5,10H,3-4,6-7,13H2;1H. The Kier molecular flexibility index (Phi) is 5.34. The monoisotopic (exact) mass is 291 g/mol. The first-order valence-electron chi connectivity index (χ1n) is 5.47. The minimum atomic E-state index is -0.373. The maximum atomic E-state index is 10.9. The van der Waals surface area contributed by atoms with Gasteiger partial charge in [0, 0.05) is 42.3 Å². The predicted molar refractivity (Wildman–Crippen MR) is 73.2 cm³/mol. The van der Waals surface area contributed by atoms with Gasteiger partial charge in [-0.05, 0) is 18.6 Å². The number of nitrogens with zero attached hydrogens (tertiary/aromatic N) is 2. The number of likely N-dealkylation sites (tertiary alicyclic amines) is 1. The summed E-state index contributed by atoms with van der Waals surface area (Å²) < 4.78 is 0. The first-order valence-corrected chi connectivity index (χ1v) is 5.85. The molecule has 0 amide bonds. The van der Waals surface area contributed by atoms with Crippen molar-refractivity contribution in [3.05, 3.63) is 38.9 Å². The molecular weight excluding hydrogens is 277 g/mol. The summed E-state index contributed by atoms with van der Waals surface area (Å²) in [5.41, 5.74) is 6.57. The molecule has 1 aliphatic rings. The molecule has 2 rings (SSSR count). The summed E-state index contributed by atoms with van der Waals surface area (Å²) in [6.07, 6.45) is 0.939. The lowest BCUT2D eigenvalue weighted by atomic mass is 10.1. The Morgan fingerprint density at radius 1 is 1.56 bits per heavy atom. The molecule has 0 radical (unpaired) electrons. The highest BCUT2D eigenvalue weighted by molar-refractivity contribution is 6.30. The second-order valence-corrected chi connectivity index (χ2v) is 4.75. The molecule has 1 fully saturated rings. The van der Waals surface area contributed by atoms with Gasteiger partial charge in [-0.1, -0.05) is 11.6 Å². The number of nitro groups is 1. The summed E-state index contributed by atoms with van der Waals surface area (Å²) >= 11 is 5.87. The number of hydrogen-bond donors (Lipinski definition) is 1. The van der Waals surface area contributed by atoms with Crippen LogP contribution in [-0.4, -0.2) is 29.0 Å². The van der Waals surface area contributed by atoms with Crippen molar-refractivity contribution in [2.24, 2.45) is 5.73 Å². The van der Waals surface area contributed by atoms with Gasteiger partial charge in [-0.3, -0.25) is 15.0 Å². The summed E-state index contributed by atoms with van der Waals surface area (Å²) in [7, 11) is 0. The van der Waals surface area contributed by atoms with Crippen molar-refractivity contribution >= 4 is 29.7 Å². The molecule has 1 aliphatic heterocycles. The molecule has 1 heterocycles.